The number of anilines is 1. The van der Waals surface area contributed by atoms with Crippen LogP contribution in [0.1, 0.15) is 55.7 Å². The second-order valence-electron chi connectivity index (χ2n) is 9.09. The van der Waals surface area contributed by atoms with E-state index >= 15 is 0 Å². The van der Waals surface area contributed by atoms with Crippen LogP contribution in [-0.2, 0) is 4.79 Å². The highest BCUT2D eigenvalue weighted by molar-refractivity contribution is 5.95. The zero-order valence-corrected chi connectivity index (χ0v) is 16.3. The third-order valence-electron chi connectivity index (χ3n) is 7.13. The van der Waals surface area contributed by atoms with Gasteiger partial charge in [-0.1, -0.05) is 0 Å². The number of hydrogen-bond acceptors (Lipinski definition) is 4. The number of nitrogens with one attached hydrogen (secondary N) is 1. The van der Waals surface area contributed by atoms with Gasteiger partial charge in [-0.25, -0.2) is 15.0 Å². The highest BCUT2D eigenvalue weighted by Crippen LogP contribution is 2.60. The minimum atomic E-state index is -0.151. The first kappa shape index (κ1) is 16.9. The average Bonchev–Trinajstić information content (AvgIpc) is 2.87. The molecule has 6 rings (SSSR count). The molecule has 1 N–H and O–H groups in total. The van der Waals surface area contributed by atoms with E-state index in [9.17, 15) is 4.79 Å². The van der Waals surface area contributed by atoms with Crippen molar-refractivity contribution in [1.82, 2.24) is 19.5 Å². The maximum absolute atomic E-state index is 13.2. The van der Waals surface area contributed by atoms with Gasteiger partial charge in [-0.15, -0.1) is 0 Å². The molecule has 2 heterocycles. The molecule has 4 fully saturated rings. The predicted molar refractivity (Wildman–Crippen MR) is 103 cm³/mol. The summed E-state index contributed by atoms with van der Waals surface area (Å²) >= 11 is 0. The molecule has 27 heavy (non-hydrogen) atoms. The maximum atomic E-state index is 13.2. The molecule has 142 valence electrons. The molecule has 4 saturated carbocycles. The van der Waals surface area contributed by atoms with Gasteiger partial charge in [0.25, 0.3) is 0 Å². The van der Waals surface area contributed by atoms with Crippen molar-refractivity contribution in [3.63, 3.8) is 0 Å². The van der Waals surface area contributed by atoms with E-state index in [-0.39, 0.29) is 11.3 Å². The normalized spacial score (nSPS) is 31.3. The monoisotopic (exact) mass is 365 g/mol. The van der Waals surface area contributed by atoms with Crippen molar-refractivity contribution in [3.05, 3.63) is 29.6 Å². The van der Waals surface area contributed by atoms with Crippen molar-refractivity contribution in [2.75, 3.05) is 5.32 Å². The Balaban J connectivity index is 1.35. The molecule has 0 aromatic carbocycles. The van der Waals surface area contributed by atoms with Gasteiger partial charge in [0.1, 0.15) is 5.82 Å². The van der Waals surface area contributed by atoms with Crippen molar-refractivity contribution in [2.45, 2.75) is 59.3 Å². The van der Waals surface area contributed by atoms with Crippen LogP contribution in [0.5, 0.6) is 0 Å². The van der Waals surface area contributed by atoms with Crippen molar-refractivity contribution in [2.24, 2.45) is 23.2 Å². The van der Waals surface area contributed by atoms with Gasteiger partial charge < -0.3 is 5.32 Å². The molecule has 0 radical (unpaired) electrons. The summed E-state index contributed by atoms with van der Waals surface area (Å²) in [5.41, 5.74) is 2.56. The van der Waals surface area contributed by atoms with E-state index in [4.69, 9.17) is 0 Å². The lowest BCUT2D eigenvalue weighted by Crippen LogP contribution is -2.51. The second kappa shape index (κ2) is 5.88. The quantitative estimate of drug-likeness (QED) is 0.899. The number of rotatable bonds is 3. The molecule has 0 aliphatic heterocycles. The number of amides is 1. The Morgan fingerprint density at radius 2 is 1.59 bits per heavy atom. The van der Waals surface area contributed by atoms with E-state index in [2.05, 4.69) is 20.3 Å². The summed E-state index contributed by atoms with van der Waals surface area (Å²) in [7, 11) is 0. The van der Waals surface area contributed by atoms with Crippen LogP contribution < -0.4 is 5.32 Å². The molecule has 4 aliphatic rings. The molecule has 1 amide bonds. The first-order valence-corrected chi connectivity index (χ1v) is 10.1. The summed E-state index contributed by atoms with van der Waals surface area (Å²) in [5, 5.41) is 3.12. The fourth-order valence-corrected chi connectivity index (χ4v) is 6.23. The molecule has 4 aliphatic carbocycles. The zero-order valence-electron chi connectivity index (χ0n) is 16.3. The van der Waals surface area contributed by atoms with Crippen LogP contribution >= 0.6 is 0 Å². The van der Waals surface area contributed by atoms with E-state index < -0.39 is 0 Å². The first-order chi connectivity index (χ1) is 12.9. The van der Waals surface area contributed by atoms with Crippen LogP contribution in [0.15, 0.2) is 12.4 Å². The van der Waals surface area contributed by atoms with Crippen LogP contribution in [0.2, 0.25) is 0 Å². The van der Waals surface area contributed by atoms with Gasteiger partial charge >= 0.3 is 0 Å². The maximum Gasteiger partial charge on any atom is 0.235 e. The topological polar surface area (TPSA) is 72.7 Å². The molecule has 2 aromatic rings. The van der Waals surface area contributed by atoms with Gasteiger partial charge in [0.05, 0.1) is 29.2 Å². The molecule has 0 spiro atoms. The fraction of sp³-hybridized carbons (Fsp3) is 0.619. The molecule has 4 bridgehead atoms. The van der Waals surface area contributed by atoms with Crippen LogP contribution in [0, 0.1) is 43.9 Å². The number of carbonyl (C=O) groups excluding carboxylic acids is 1. The third-order valence-corrected chi connectivity index (χ3v) is 7.13. The molecule has 6 heteroatoms. The highest BCUT2D eigenvalue weighted by Gasteiger charge is 2.54. The minimum absolute atomic E-state index is 0.151. The van der Waals surface area contributed by atoms with Crippen LogP contribution in [0.4, 0.5) is 5.69 Å². The largest absolute Gasteiger partial charge is 0.323 e. The highest BCUT2D eigenvalue weighted by atomic mass is 16.2. The lowest BCUT2D eigenvalue weighted by molar-refractivity contribution is -0.140. The Morgan fingerprint density at radius 3 is 2.07 bits per heavy atom. The van der Waals surface area contributed by atoms with Gasteiger partial charge in [-0.05, 0) is 77.0 Å². The lowest BCUT2D eigenvalue weighted by atomic mass is 9.49. The smallest absolute Gasteiger partial charge is 0.235 e. The minimum Gasteiger partial charge on any atom is -0.323 e. The molecular weight excluding hydrogens is 338 g/mol. The van der Waals surface area contributed by atoms with Crippen molar-refractivity contribution in [1.29, 1.82) is 0 Å². The second-order valence-corrected chi connectivity index (χ2v) is 9.09. The Labute approximate surface area is 159 Å². The van der Waals surface area contributed by atoms with Crippen LogP contribution in [-0.4, -0.2) is 25.4 Å². The Kier molecular flexibility index (Phi) is 3.68. The number of hydrogen-bond donors (Lipinski definition) is 1. The van der Waals surface area contributed by atoms with Gasteiger partial charge in [0.15, 0.2) is 0 Å². The summed E-state index contributed by atoms with van der Waals surface area (Å²) < 4.78 is 1.94. The van der Waals surface area contributed by atoms with E-state index in [0.717, 1.165) is 54.2 Å². The number of nitrogens with zero attached hydrogens (tertiary/aromatic N) is 4. The van der Waals surface area contributed by atoms with Crippen LogP contribution in [0.25, 0.3) is 5.95 Å². The molecule has 0 atom stereocenters. The van der Waals surface area contributed by atoms with E-state index in [0.29, 0.717) is 11.6 Å². The summed E-state index contributed by atoms with van der Waals surface area (Å²) in [6.45, 7) is 5.95. The van der Waals surface area contributed by atoms with Gasteiger partial charge in [0.2, 0.25) is 11.9 Å². The Bertz CT molecular complexity index is 863. The number of aryl methyl sites for hydroxylation is 2. The third kappa shape index (κ3) is 2.68. The molecule has 0 saturated heterocycles. The summed E-state index contributed by atoms with van der Waals surface area (Å²) in [4.78, 5) is 26.6. The fourth-order valence-electron chi connectivity index (χ4n) is 6.23. The molecular formula is C21H27N5O. The standard InChI is InChI=1S/C21H27N5O/c1-12-13(2)26(14(3)24-12)20-22-10-18(11-23-20)25-19(27)21-7-15-4-16(8-21)6-17(5-15)9-21/h10-11,15-17H,4-9H2,1-3H3,(H,25,27). The lowest BCUT2D eigenvalue weighted by Gasteiger charge is -2.55. The molecule has 2 aromatic heterocycles. The Morgan fingerprint density at radius 1 is 1.04 bits per heavy atom. The first-order valence-electron chi connectivity index (χ1n) is 10.1. The summed E-state index contributed by atoms with van der Waals surface area (Å²) in [6, 6.07) is 0. The number of carbonyl (C=O) groups is 1. The average molecular weight is 365 g/mol. The van der Waals surface area contributed by atoms with Crippen molar-refractivity contribution < 1.29 is 4.79 Å². The van der Waals surface area contributed by atoms with Gasteiger partial charge in [-0.2, -0.15) is 0 Å². The SMILES string of the molecule is Cc1nc(C)n(-c2ncc(NC(=O)C34CC5CC(CC(C5)C3)C4)cn2)c1C. The van der Waals surface area contributed by atoms with Crippen molar-refractivity contribution in [3.8, 4) is 5.95 Å². The van der Waals surface area contributed by atoms with E-state index in [1.807, 2.05) is 25.3 Å². The Hall–Kier alpha value is -2.24. The van der Waals surface area contributed by atoms with Crippen molar-refractivity contribution >= 4 is 11.6 Å². The zero-order chi connectivity index (χ0) is 18.8. The summed E-state index contributed by atoms with van der Waals surface area (Å²) in [6.07, 6.45) is 10.7. The van der Waals surface area contributed by atoms with Crippen LogP contribution in [0.3, 0.4) is 0 Å². The van der Waals surface area contributed by atoms with Gasteiger partial charge in [0, 0.05) is 5.69 Å². The summed E-state index contributed by atoms with van der Waals surface area (Å²) in [5.74, 6) is 3.93. The van der Waals surface area contributed by atoms with E-state index in [1.54, 1.807) is 12.4 Å². The number of imidazole rings is 1. The van der Waals surface area contributed by atoms with Gasteiger partial charge in [-0.3, -0.25) is 9.36 Å². The predicted octanol–water partition coefficient (Wildman–Crippen LogP) is 3.74. The van der Waals surface area contributed by atoms with E-state index in [1.165, 1.54) is 19.3 Å². The molecule has 0 unspecified atom stereocenters. The molecule has 6 nitrogen and oxygen atoms in total. The number of aromatic nitrogens is 4.